The molecule has 8 nitrogen and oxygen atoms in total. The molecular formula is C64H82N8S4. The van der Waals surface area contributed by atoms with Gasteiger partial charge in [0.1, 0.15) is 22.6 Å². The highest BCUT2D eigenvalue weighted by Gasteiger charge is 2.25. The highest BCUT2D eigenvalue weighted by atomic mass is 32.2. The van der Waals surface area contributed by atoms with Gasteiger partial charge in [-0.05, 0) is 121 Å². The summed E-state index contributed by atoms with van der Waals surface area (Å²) in [5.41, 5.74) is 6.92. The lowest BCUT2D eigenvalue weighted by atomic mass is 10.1. The van der Waals surface area contributed by atoms with Crippen molar-refractivity contribution in [3.63, 3.8) is 0 Å². The number of aromatic amines is 2. The summed E-state index contributed by atoms with van der Waals surface area (Å²) in [4.78, 5) is 44.9. The van der Waals surface area contributed by atoms with E-state index >= 15 is 0 Å². The molecule has 0 atom stereocenters. The minimum Gasteiger partial charge on any atom is -0.324 e. The average molecular weight is 1090 g/mol. The molecule has 0 spiro atoms. The topological polar surface area (TPSA) is 109 Å². The Bertz CT molecular complexity index is 3160. The Balaban J connectivity index is 1.17. The number of H-pyrrole nitrogens is 2. The summed E-state index contributed by atoms with van der Waals surface area (Å²) in [6.07, 6.45) is 30.9. The van der Waals surface area contributed by atoms with E-state index in [0.29, 0.717) is 23.3 Å². The minimum atomic E-state index is 0.623. The molecule has 2 aliphatic rings. The molecule has 0 unspecified atom stereocenters. The fourth-order valence-electron chi connectivity index (χ4n) is 10.4. The average Bonchev–Trinajstić information content (AvgIpc) is 4.17. The lowest BCUT2D eigenvalue weighted by Gasteiger charge is -2.06. The molecule has 8 bridgehead atoms. The van der Waals surface area contributed by atoms with E-state index in [1.807, 2.05) is 47.0 Å². The van der Waals surface area contributed by atoms with Crippen molar-refractivity contribution in [3.05, 3.63) is 72.8 Å². The maximum atomic E-state index is 5.51. The predicted molar refractivity (Wildman–Crippen MR) is 332 cm³/mol. The van der Waals surface area contributed by atoms with Crippen molar-refractivity contribution < 1.29 is 0 Å². The molecule has 0 amide bonds. The van der Waals surface area contributed by atoms with E-state index in [-0.39, 0.29) is 0 Å². The summed E-state index contributed by atoms with van der Waals surface area (Å²) < 4.78 is 0. The molecule has 9 rings (SSSR count). The summed E-state index contributed by atoms with van der Waals surface area (Å²) >= 11 is 7.73. The number of rotatable bonds is 32. The molecule has 76 heavy (non-hydrogen) atoms. The second-order valence-electron chi connectivity index (χ2n) is 20.9. The Morgan fingerprint density at radius 2 is 0.566 bits per heavy atom. The largest absolute Gasteiger partial charge is 0.324 e. The van der Waals surface area contributed by atoms with Crippen LogP contribution in [0.5, 0.6) is 0 Å². The van der Waals surface area contributed by atoms with E-state index in [2.05, 4.69) is 110 Å². The first kappa shape index (κ1) is 56.4. The molecule has 7 aromatic rings. The number of nitrogens with one attached hydrogen (secondary N) is 2. The molecule has 5 heterocycles. The molecule has 12 heteroatoms. The zero-order valence-corrected chi connectivity index (χ0v) is 49.3. The third-order valence-corrected chi connectivity index (χ3v) is 19.1. The fraction of sp³-hybridized carbons (Fsp3) is 0.500. The van der Waals surface area contributed by atoms with E-state index in [1.54, 1.807) is 0 Å². The molecule has 0 fully saturated rings. The molecule has 0 aliphatic carbocycles. The third-order valence-electron chi connectivity index (χ3n) is 14.8. The summed E-state index contributed by atoms with van der Waals surface area (Å²) in [7, 11) is 0. The zero-order valence-electron chi connectivity index (χ0n) is 46.0. The summed E-state index contributed by atoms with van der Waals surface area (Å²) in [6, 6.07) is 27.0. The molecule has 402 valence electrons. The monoisotopic (exact) mass is 1090 g/mol. The van der Waals surface area contributed by atoms with Crippen LogP contribution >= 0.6 is 47.0 Å². The molecule has 0 saturated carbocycles. The highest BCUT2D eigenvalue weighted by Crippen LogP contribution is 2.41. The first-order valence-electron chi connectivity index (χ1n) is 29.4. The van der Waals surface area contributed by atoms with Crippen LogP contribution in [0, 0.1) is 0 Å². The van der Waals surface area contributed by atoms with Gasteiger partial charge in [-0.3, -0.25) is 0 Å². The van der Waals surface area contributed by atoms with Gasteiger partial charge >= 0.3 is 0 Å². The van der Waals surface area contributed by atoms with E-state index in [1.165, 1.54) is 174 Å². The Hall–Kier alpha value is -4.36. The van der Waals surface area contributed by atoms with Crippen LogP contribution in [0.1, 0.15) is 182 Å². The number of hydrogen-bond donors (Lipinski definition) is 2. The smallest absolute Gasteiger partial charge is 0.164 e. The van der Waals surface area contributed by atoms with Crippen molar-refractivity contribution in [2.24, 2.45) is 0 Å². The predicted octanol–water partition coefficient (Wildman–Crippen LogP) is 20.7. The van der Waals surface area contributed by atoms with Gasteiger partial charge in [-0.15, -0.1) is 47.0 Å². The number of thioether (sulfide) groups is 4. The van der Waals surface area contributed by atoms with Gasteiger partial charge in [-0.2, -0.15) is 0 Å². The summed E-state index contributed by atoms with van der Waals surface area (Å²) in [5, 5.41) is 4.11. The van der Waals surface area contributed by atoms with Crippen molar-refractivity contribution in [2.75, 3.05) is 23.0 Å². The Kier molecular flexibility index (Phi) is 21.9. The van der Waals surface area contributed by atoms with Crippen molar-refractivity contribution in [1.82, 2.24) is 39.9 Å². The molecule has 2 N–H and O–H groups in total. The van der Waals surface area contributed by atoms with Crippen LogP contribution in [-0.2, 0) is 0 Å². The van der Waals surface area contributed by atoms with Crippen molar-refractivity contribution in [1.29, 1.82) is 0 Å². The molecule has 3 aromatic heterocycles. The van der Waals surface area contributed by atoms with E-state index in [0.717, 1.165) is 89.4 Å². The third kappa shape index (κ3) is 15.1. The van der Waals surface area contributed by atoms with E-state index < -0.39 is 0 Å². The van der Waals surface area contributed by atoms with Gasteiger partial charge in [0.05, 0.1) is 0 Å². The molecule has 0 radical (unpaired) electrons. The van der Waals surface area contributed by atoms with E-state index in [4.69, 9.17) is 29.9 Å². The van der Waals surface area contributed by atoms with Crippen LogP contribution in [0.25, 0.3) is 89.7 Å². The van der Waals surface area contributed by atoms with Crippen LogP contribution in [-0.4, -0.2) is 62.9 Å². The first-order valence-corrected chi connectivity index (χ1v) is 33.4. The van der Waals surface area contributed by atoms with Gasteiger partial charge in [0.15, 0.2) is 23.3 Å². The van der Waals surface area contributed by atoms with Crippen LogP contribution in [0.2, 0.25) is 0 Å². The normalized spacial score (nSPS) is 12.1. The van der Waals surface area contributed by atoms with Gasteiger partial charge in [0.2, 0.25) is 0 Å². The maximum Gasteiger partial charge on any atom is 0.164 e. The Labute approximate surface area is 470 Å². The quantitative estimate of drug-likeness (QED) is 0.0313. The summed E-state index contributed by atoms with van der Waals surface area (Å²) in [5.74, 6) is 6.90. The fourth-order valence-corrected chi connectivity index (χ4v) is 14.2. The number of hydrogen-bond acceptors (Lipinski definition) is 10. The molecular weight excluding hydrogens is 1010 g/mol. The van der Waals surface area contributed by atoms with Crippen molar-refractivity contribution in [2.45, 2.75) is 201 Å². The second-order valence-corrected chi connectivity index (χ2v) is 25.6. The van der Waals surface area contributed by atoms with Gasteiger partial charge in [0.25, 0.3) is 0 Å². The highest BCUT2D eigenvalue weighted by molar-refractivity contribution is 8.00. The number of benzene rings is 4. The number of fused-ring (bicyclic) bond motifs is 20. The second kappa shape index (κ2) is 29.6. The van der Waals surface area contributed by atoms with Crippen molar-refractivity contribution >= 4 is 91.2 Å². The molecule has 0 saturated heterocycles. The van der Waals surface area contributed by atoms with Crippen LogP contribution in [0.15, 0.2) is 92.4 Å². The van der Waals surface area contributed by atoms with Gasteiger partial charge in [0, 0.05) is 63.4 Å². The van der Waals surface area contributed by atoms with Crippen LogP contribution < -0.4 is 0 Å². The number of aromatic nitrogens is 8. The lowest BCUT2D eigenvalue weighted by molar-refractivity contribution is 0.627. The standard InChI is InChI=1S/C64H82N8S4/c1-5-9-13-17-21-25-37-73-45-29-33-49-53(41-45)61-65-57(49)70-62-55-43-47(75-39-27-23-19-15-11-7-3)31-35-51(55)59(67-62)72-64-56-44-48(76-40-28-24-20-16-12-8-4)32-36-52(56)60(68-64)71-63-54-42-46(30-34-50(54)58(66-63)69-61)74-38-26-22-18-14-10-6-2/h29-36,41-44H,5-28,37-40H2,1-4H3,(H2,65,66,67,68,69,70,71,72). The summed E-state index contributed by atoms with van der Waals surface area (Å²) in [6.45, 7) is 9.14. The van der Waals surface area contributed by atoms with Gasteiger partial charge < -0.3 is 9.97 Å². The van der Waals surface area contributed by atoms with Crippen LogP contribution in [0.3, 0.4) is 0 Å². The minimum absolute atomic E-state index is 0.623. The molecule has 2 aliphatic heterocycles. The number of unbranched alkanes of at least 4 members (excludes halogenated alkanes) is 20. The Morgan fingerprint density at radius 3 is 0.974 bits per heavy atom. The van der Waals surface area contributed by atoms with Crippen molar-refractivity contribution in [3.8, 4) is 45.6 Å². The first-order chi connectivity index (χ1) is 37.5. The SMILES string of the molecule is CCCCCCCCSc1ccc2c(c1)-c1nc3nc(nc4[nH]c(nc5[nH]c(nc-2n1)c1cc(SCCCCCCCC)ccc51)c1cc(SCCCCCCCC)ccc41)-c1cc(SCCCCCCCC)ccc1-3. The maximum absolute atomic E-state index is 5.51. The van der Waals surface area contributed by atoms with Gasteiger partial charge in [-0.25, -0.2) is 29.9 Å². The van der Waals surface area contributed by atoms with E-state index in [9.17, 15) is 0 Å². The number of nitrogens with zero attached hydrogens (tertiary/aromatic N) is 6. The molecule has 4 aromatic carbocycles. The van der Waals surface area contributed by atoms with Gasteiger partial charge in [-0.1, -0.05) is 156 Å². The van der Waals surface area contributed by atoms with Crippen LogP contribution in [0.4, 0.5) is 0 Å². The zero-order chi connectivity index (χ0) is 52.3. The Morgan fingerprint density at radius 1 is 0.276 bits per heavy atom. The lowest BCUT2D eigenvalue weighted by Crippen LogP contribution is -1.87.